The Hall–Kier alpha value is -2.56. The predicted molar refractivity (Wildman–Crippen MR) is 72.3 cm³/mol. The Morgan fingerprint density at radius 1 is 1.17 bits per heavy atom. The maximum absolute atomic E-state index is 5.97. The first-order valence-corrected chi connectivity index (χ1v) is 5.62. The van der Waals surface area contributed by atoms with Crippen molar-refractivity contribution in [3.05, 3.63) is 42.4 Å². The van der Waals surface area contributed by atoms with Gasteiger partial charge in [0.15, 0.2) is 5.82 Å². The molecule has 0 fully saturated rings. The molecule has 1 aromatic carbocycles. The standard InChI is InChI=1S/C13H13N5/c1-8-17-12(13(14)18(8)15)10-6-2-4-9-5-3-7-16-11(9)10/h2-7H,14-15H2,1H3. The topological polar surface area (TPSA) is 82.8 Å². The van der Waals surface area contributed by atoms with Crippen molar-refractivity contribution in [3.8, 4) is 11.3 Å². The molecule has 3 aromatic rings. The Balaban J connectivity index is 2.35. The summed E-state index contributed by atoms with van der Waals surface area (Å²) in [4.78, 5) is 8.80. The van der Waals surface area contributed by atoms with Crippen LogP contribution in [0.4, 0.5) is 5.82 Å². The van der Waals surface area contributed by atoms with E-state index in [2.05, 4.69) is 9.97 Å². The van der Waals surface area contributed by atoms with E-state index in [0.29, 0.717) is 17.3 Å². The molecule has 0 bridgehead atoms. The van der Waals surface area contributed by atoms with Crippen LogP contribution in [0, 0.1) is 6.92 Å². The number of benzene rings is 1. The third-order valence-electron chi connectivity index (χ3n) is 3.01. The fraction of sp³-hybridized carbons (Fsp3) is 0.0769. The van der Waals surface area contributed by atoms with E-state index in [-0.39, 0.29) is 0 Å². The molecule has 2 aromatic heterocycles. The molecule has 4 N–H and O–H groups in total. The lowest BCUT2D eigenvalue weighted by molar-refractivity contribution is 0.937. The predicted octanol–water partition coefficient (Wildman–Crippen LogP) is 1.70. The van der Waals surface area contributed by atoms with Crippen molar-refractivity contribution in [3.63, 3.8) is 0 Å². The number of pyridine rings is 1. The molecule has 0 aliphatic heterocycles. The molecule has 0 saturated heterocycles. The van der Waals surface area contributed by atoms with Gasteiger partial charge in [-0.05, 0) is 13.0 Å². The van der Waals surface area contributed by atoms with Gasteiger partial charge in [-0.15, -0.1) is 0 Å². The number of aryl methyl sites for hydroxylation is 1. The van der Waals surface area contributed by atoms with Crippen LogP contribution >= 0.6 is 0 Å². The van der Waals surface area contributed by atoms with Crippen LogP contribution in [0.5, 0.6) is 0 Å². The van der Waals surface area contributed by atoms with Crippen molar-refractivity contribution in [2.24, 2.45) is 0 Å². The van der Waals surface area contributed by atoms with E-state index in [9.17, 15) is 0 Å². The minimum atomic E-state index is 0.450. The summed E-state index contributed by atoms with van der Waals surface area (Å²) in [6.45, 7) is 1.82. The van der Waals surface area contributed by atoms with E-state index in [1.54, 1.807) is 6.20 Å². The van der Waals surface area contributed by atoms with Crippen LogP contribution in [-0.2, 0) is 0 Å². The normalized spacial score (nSPS) is 10.9. The number of hydrogen-bond acceptors (Lipinski definition) is 4. The summed E-state index contributed by atoms with van der Waals surface area (Å²) in [5.41, 5.74) is 8.43. The summed E-state index contributed by atoms with van der Waals surface area (Å²) < 4.78 is 1.39. The number of hydrogen-bond donors (Lipinski definition) is 2. The first-order chi connectivity index (χ1) is 8.68. The summed E-state index contributed by atoms with van der Waals surface area (Å²) in [6.07, 6.45) is 1.76. The van der Waals surface area contributed by atoms with Gasteiger partial charge in [-0.3, -0.25) is 4.98 Å². The van der Waals surface area contributed by atoms with Gasteiger partial charge in [0.25, 0.3) is 0 Å². The molecular weight excluding hydrogens is 226 g/mol. The second kappa shape index (κ2) is 3.73. The number of rotatable bonds is 1. The monoisotopic (exact) mass is 239 g/mol. The van der Waals surface area contributed by atoms with Crippen LogP contribution in [0.15, 0.2) is 36.5 Å². The van der Waals surface area contributed by atoms with Crippen LogP contribution in [0.2, 0.25) is 0 Å². The zero-order valence-corrected chi connectivity index (χ0v) is 9.96. The van der Waals surface area contributed by atoms with Crippen molar-refractivity contribution in [1.82, 2.24) is 14.6 Å². The molecule has 0 saturated carbocycles. The molecule has 0 radical (unpaired) electrons. The minimum Gasteiger partial charge on any atom is -0.382 e. The molecule has 0 spiro atoms. The number of nitrogens with two attached hydrogens (primary N) is 2. The number of nitrogens with zero attached hydrogens (tertiary/aromatic N) is 3. The van der Waals surface area contributed by atoms with Crippen molar-refractivity contribution in [2.45, 2.75) is 6.92 Å². The smallest absolute Gasteiger partial charge is 0.150 e. The summed E-state index contributed by atoms with van der Waals surface area (Å²) in [5.74, 6) is 6.92. The second-order valence-corrected chi connectivity index (χ2v) is 4.14. The number of para-hydroxylation sites is 1. The first-order valence-electron chi connectivity index (χ1n) is 5.62. The summed E-state index contributed by atoms with van der Waals surface area (Å²) >= 11 is 0. The lowest BCUT2D eigenvalue weighted by atomic mass is 10.1. The van der Waals surface area contributed by atoms with Gasteiger partial charge in [0, 0.05) is 17.1 Å². The van der Waals surface area contributed by atoms with Crippen molar-refractivity contribution in [1.29, 1.82) is 0 Å². The number of imidazole rings is 1. The highest BCUT2D eigenvalue weighted by Gasteiger charge is 2.14. The second-order valence-electron chi connectivity index (χ2n) is 4.14. The molecule has 0 amide bonds. The molecule has 3 rings (SSSR count). The molecule has 0 aliphatic carbocycles. The van der Waals surface area contributed by atoms with Gasteiger partial charge in [0.2, 0.25) is 0 Å². The first kappa shape index (κ1) is 10.6. The highest BCUT2D eigenvalue weighted by molar-refractivity contribution is 5.94. The third kappa shape index (κ3) is 1.41. The van der Waals surface area contributed by atoms with Crippen molar-refractivity contribution in [2.75, 3.05) is 11.6 Å². The van der Waals surface area contributed by atoms with Gasteiger partial charge in [-0.2, -0.15) is 0 Å². The number of nitrogen functional groups attached to an aromatic ring is 2. The minimum absolute atomic E-state index is 0.450. The van der Waals surface area contributed by atoms with E-state index in [1.807, 2.05) is 37.3 Å². The quantitative estimate of drug-likeness (QED) is 0.633. The molecular formula is C13H13N5. The highest BCUT2D eigenvalue weighted by atomic mass is 15.4. The van der Waals surface area contributed by atoms with Crippen LogP contribution < -0.4 is 11.6 Å². The Morgan fingerprint density at radius 2 is 1.94 bits per heavy atom. The van der Waals surface area contributed by atoms with Gasteiger partial charge in [0.05, 0.1) is 5.52 Å². The third-order valence-corrected chi connectivity index (χ3v) is 3.01. The van der Waals surface area contributed by atoms with E-state index in [1.165, 1.54) is 4.68 Å². The molecule has 2 heterocycles. The van der Waals surface area contributed by atoms with Gasteiger partial charge < -0.3 is 11.6 Å². The lowest BCUT2D eigenvalue weighted by Crippen LogP contribution is -2.13. The summed E-state index contributed by atoms with van der Waals surface area (Å²) in [6, 6.07) is 9.84. The Kier molecular flexibility index (Phi) is 2.19. The Morgan fingerprint density at radius 3 is 2.67 bits per heavy atom. The van der Waals surface area contributed by atoms with E-state index < -0.39 is 0 Å². The number of anilines is 1. The van der Waals surface area contributed by atoms with E-state index in [0.717, 1.165) is 16.5 Å². The molecule has 90 valence electrons. The van der Waals surface area contributed by atoms with Crippen LogP contribution in [0.1, 0.15) is 5.82 Å². The average molecular weight is 239 g/mol. The zero-order valence-electron chi connectivity index (χ0n) is 9.96. The molecule has 18 heavy (non-hydrogen) atoms. The van der Waals surface area contributed by atoms with Crippen molar-refractivity contribution < 1.29 is 0 Å². The van der Waals surface area contributed by atoms with Gasteiger partial charge in [0.1, 0.15) is 11.5 Å². The Bertz CT molecular complexity index is 724. The fourth-order valence-electron chi connectivity index (χ4n) is 2.05. The molecule has 0 aliphatic rings. The molecule has 5 heteroatoms. The number of fused-ring (bicyclic) bond motifs is 1. The van der Waals surface area contributed by atoms with Gasteiger partial charge in [-0.1, -0.05) is 24.3 Å². The van der Waals surface area contributed by atoms with Crippen LogP contribution in [0.3, 0.4) is 0 Å². The maximum atomic E-state index is 5.97. The largest absolute Gasteiger partial charge is 0.382 e. The zero-order chi connectivity index (χ0) is 12.7. The molecule has 5 nitrogen and oxygen atoms in total. The molecule has 0 atom stereocenters. The van der Waals surface area contributed by atoms with Gasteiger partial charge in [-0.25, -0.2) is 9.66 Å². The fourth-order valence-corrected chi connectivity index (χ4v) is 2.05. The van der Waals surface area contributed by atoms with Crippen molar-refractivity contribution >= 4 is 16.7 Å². The Labute approximate surface area is 104 Å². The highest BCUT2D eigenvalue weighted by Crippen LogP contribution is 2.30. The maximum Gasteiger partial charge on any atom is 0.150 e. The lowest BCUT2D eigenvalue weighted by Gasteiger charge is -2.04. The van der Waals surface area contributed by atoms with Gasteiger partial charge >= 0.3 is 0 Å². The van der Waals surface area contributed by atoms with E-state index >= 15 is 0 Å². The van der Waals surface area contributed by atoms with Crippen LogP contribution in [0.25, 0.3) is 22.2 Å². The van der Waals surface area contributed by atoms with Crippen LogP contribution in [-0.4, -0.2) is 14.6 Å². The summed E-state index contributed by atoms with van der Waals surface area (Å²) in [5, 5.41) is 1.05. The summed E-state index contributed by atoms with van der Waals surface area (Å²) in [7, 11) is 0. The molecule has 0 unspecified atom stereocenters. The average Bonchev–Trinajstić information content (AvgIpc) is 2.66. The SMILES string of the molecule is Cc1nc(-c2cccc3cccnc23)c(N)n1N. The van der Waals surface area contributed by atoms with E-state index in [4.69, 9.17) is 11.6 Å². The number of aromatic nitrogens is 3.